The van der Waals surface area contributed by atoms with Crippen LogP contribution >= 0.6 is 0 Å². The van der Waals surface area contributed by atoms with Gasteiger partial charge in [-0.15, -0.1) is 0 Å². The first-order valence-electron chi connectivity index (χ1n) is 5.51. The number of aliphatic carboxylic acids is 1. The Morgan fingerprint density at radius 1 is 1.41 bits per heavy atom. The molecule has 1 fully saturated rings. The number of carboxylic acids is 1. The van der Waals surface area contributed by atoms with Crippen molar-refractivity contribution in [2.24, 2.45) is 0 Å². The Bertz CT molecular complexity index is 399. The van der Waals surface area contributed by atoms with Crippen LogP contribution in [0.5, 0.6) is 5.75 Å². The van der Waals surface area contributed by atoms with Crippen LogP contribution in [0.15, 0.2) is 24.3 Å². The Labute approximate surface area is 98.4 Å². The van der Waals surface area contributed by atoms with E-state index in [1.807, 2.05) is 0 Å². The Balaban J connectivity index is 2.17. The summed E-state index contributed by atoms with van der Waals surface area (Å²) in [6.45, 7) is 1.06. The SMILES string of the molecule is O=C(O)C1(Oc2ccc(F)cc2)CCCNC1. The molecule has 17 heavy (non-hydrogen) atoms. The summed E-state index contributed by atoms with van der Waals surface area (Å²) in [6.07, 6.45) is 1.19. The molecule has 0 radical (unpaired) electrons. The molecule has 1 unspecified atom stereocenters. The maximum Gasteiger partial charge on any atom is 0.349 e. The molecule has 1 saturated heterocycles. The van der Waals surface area contributed by atoms with Gasteiger partial charge in [0.2, 0.25) is 5.60 Å². The number of ether oxygens (including phenoxy) is 1. The Hall–Kier alpha value is -1.62. The highest BCUT2D eigenvalue weighted by Gasteiger charge is 2.42. The molecule has 0 aromatic heterocycles. The predicted octanol–water partition coefficient (Wildman–Crippen LogP) is 1.41. The second-order valence-electron chi connectivity index (χ2n) is 4.14. The van der Waals surface area contributed by atoms with E-state index >= 15 is 0 Å². The molecule has 0 saturated carbocycles. The van der Waals surface area contributed by atoms with Crippen molar-refractivity contribution in [3.05, 3.63) is 30.1 Å². The zero-order chi connectivity index (χ0) is 12.3. The average Bonchev–Trinajstić information content (AvgIpc) is 2.33. The maximum atomic E-state index is 12.7. The number of carbonyl (C=O) groups is 1. The molecule has 0 spiro atoms. The summed E-state index contributed by atoms with van der Waals surface area (Å²) in [4.78, 5) is 11.3. The van der Waals surface area contributed by atoms with Crippen LogP contribution in [-0.2, 0) is 4.79 Å². The summed E-state index contributed by atoms with van der Waals surface area (Å²) in [5.41, 5.74) is -1.24. The van der Waals surface area contributed by atoms with E-state index in [1.165, 1.54) is 24.3 Å². The predicted molar refractivity (Wildman–Crippen MR) is 59.5 cm³/mol. The number of hydrogen-bond donors (Lipinski definition) is 2. The van der Waals surface area contributed by atoms with Crippen molar-refractivity contribution in [2.45, 2.75) is 18.4 Å². The van der Waals surface area contributed by atoms with Gasteiger partial charge in [-0.2, -0.15) is 0 Å². The number of rotatable bonds is 3. The molecule has 0 aliphatic carbocycles. The van der Waals surface area contributed by atoms with Crippen LogP contribution in [0.25, 0.3) is 0 Å². The average molecular weight is 239 g/mol. The van der Waals surface area contributed by atoms with Gasteiger partial charge in [0, 0.05) is 13.0 Å². The van der Waals surface area contributed by atoms with Gasteiger partial charge in [0.05, 0.1) is 0 Å². The van der Waals surface area contributed by atoms with E-state index in [0.717, 1.165) is 13.0 Å². The molecule has 1 atom stereocenters. The molecule has 92 valence electrons. The minimum Gasteiger partial charge on any atom is -0.478 e. The third kappa shape index (κ3) is 2.55. The van der Waals surface area contributed by atoms with Crippen LogP contribution in [0.4, 0.5) is 4.39 Å². The van der Waals surface area contributed by atoms with E-state index in [9.17, 15) is 14.3 Å². The smallest absolute Gasteiger partial charge is 0.349 e. The van der Waals surface area contributed by atoms with Gasteiger partial charge < -0.3 is 15.2 Å². The molecule has 1 aromatic rings. The van der Waals surface area contributed by atoms with Crippen LogP contribution < -0.4 is 10.1 Å². The van der Waals surface area contributed by atoms with Crippen LogP contribution in [0.2, 0.25) is 0 Å². The number of carboxylic acid groups (broad SMARTS) is 1. The minimum absolute atomic E-state index is 0.264. The van der Waals surface area contributed by atoms with Crippen LogP contribution in [0.1, 0.15) is 12.8 Å². The topological polar surface area (TPSA) is 58.6 Å². The van der Waals surface area contributed by atoms with Crippen molar-refractivity contribution in [3.63, 3.8) is 0 Å². The van der Waals surface area contributed by atoms with Gasteiger partial charge in [0.1, 0.15) is 11.6 Å². The highest BCUT2D eigenvalue weighted by atomic mass is 19.1. The third-order valence-corrected chi connectivity index (χ3v) is 2.86. The molecule has 1 aliphatic rings. The van der Waals surface area contributed by atoms with Gasteiger partial charge in [-0.1, -0.05) is 0 Å². The molecular weight excluding hydrogens is 225 g/mol. The minimum atomic E-state index is -1.24. The first-order chi connectivity index (χ1) is 8.12. The monoisotopic (exact) mass is 239 g/mol. The molecule has 1 aromatic carbocycles. The molecule has 2 rings (SSSR count). The first-order valence-corrected chi connectivity index (χ1v) is 5.51. The lowest BCUT2D eigenvalue weighted by Crippen LogP contribution is -2.55. The van der Waals surface area contributed by atoms with E-state index in [4.69, 9.17) is 4.74 Å². The van der Waals surface area contributed by atoms with E-state index in [0.29, 0.717) is 12.2 Å². The molecule has 2 N–H and O–H groups in total. The van der Waals surface area contributed by atoms with Gasteiger partial charge in [-0.05, 0) is 37.2 Å². The fourth-order valence-corrected chi connectivity index (χ4v) is 1.92. The fraction of sp³-hybridized carbons (Fsp3) is 0.417. The Kier molecular flexibility index (Phi) is 3.28. The number of benzene rings is 1. The van der Waals surface area contributed by atoms with Gasteiger partial charge in [-0.3, -0.25) is 0 Å². The third-order valence-electron chi connectivity index (χ3n) is 2.86. The molecule has 4 nitrogen and oxygen atoms in total. The fourth-order valence-electron chi connectivity index (χ4n) is 1.92. The molecule has 1 heterocycles. The molecule has 5 heteroatoms. The van der Waals surface area contributed by atoms with E-state index in [-0.39, 0.29) is 12.4 Å². The van der Waals surface area contributed by atoms with Crippen molar-refractivity contribution in [2.75, 3.05) is 13.1 Å². The van der Waals surface area contributed by atoms with Crippen molar-refractivity contribution in [1.29, 1.82) is 0 Å². The first kappa shape index (κ1) is 11.9. The zero-order valence-electron chi connectivity index (χ0n) is 9.28. The summed E-state index contributed by atoms with van der Waals surface area (Å²) >= 11 is 0. The number of halogens is 1. The molecule has 0 amide bonds. The lowest BCUT2D eigenvalue weighted by atomic mass is 9.94. The van der Waals surface area contributed by atoms with Crippen molar-refractivity contribution in [3.8, 4) is 5.75 Å². The summed E-state index contributed by atoms with van der Waals surface area (Å²) in [5.74, 6) is -0.991. The van der Waals surface area contributed by atoms with Gasteiger partial charge >= 0.3 is 5.97 Å². The molecular formula is C12H14FNO3. The molecule has 1 aliphatic heterocycles. The number of hydrogen-bond acceptors (Lipinski definition) is 3. The maximum absolute atomic E-state index is 12.7. The van der Waals surface area contributed by atoms with Gasteiger partial charge in [0.25, 0.3) is 0 Å². The van der Waals surface area contributed by atoms with Crippen molar-refractivity contribution < 1.29 is 19.0 Å². The van der Waals surface area contributed by atoms with E-state index < -0.39 is 11.6 Å². The summed E-state index contributed by atoms with van der Waals surface area (Å²) in [7, 11) is 0. The van der Waals surface area contributed by atoms with E-state index in [1.54, 1.807) is 0 Å². The molecule has 0 bridgehead atoms. The quantitative estimate of drug-likeness (QED) is 0.837. The Morgan fingerprint density at radius 3 is 2.65 bits per heavy atom. The number of nitrogens with one attached hydrogen (secondary N) is 1. The second kappa shape index (κ2) is 4.71. The normalized spacial score (nSPS) is 24.3. The van der Waals surface area contributed by atoms with Crippen LogP contribution in [0, 0.1) is 5.82 Å². The highest BCUT2D eigenvalue weighted by molar-refractivity contribution is 5.78. The largest absolute Gasteiger partial charge is 0.478 e. The van der Waals surface area contributed by atoms with Crippen molar-refractivity contribution in [1.82, 2.24) is 5.32 Å². The number of piperidine rings is 1. The van der Waals surface area contributed by atoms with Gasteiger partial charge in [0.15, 0.2) is 0 Å². The van der Waals surface area contributed by atoms with E-state index in [2.05, 4.69) is 5.32 Å². The summed E-state index contributed by atoms with van der Waals surface area (Å²) in [6, 6.07) is 5.38. The summed E-state index contributed by atoms with van der Waals surface area (Å²) in [5, 5.41) is 12.3. The summed E-state index contributed by atoms with van der Waals surface area (Å²) < 4.78 is 18.3. The Morgan fingerprint density at radius 2 is 2.12 bits per heavy atom. The van der Waals surface area contributed by atoms with Crippen molar-refractivity contribution >= 4 is 5.97 Å². The zero-order valence-corrected chi connectivity index (χ0v) is 9.28. The lowest BCUT2D eigenvalue weighted by Gasteiger charge is -2.34. The highest BCUT2D eigenvalue weighted by Crippen LogP contribution is 2.25. The van der Waals surface area contributed by atoms with Crippen LogP contribution in [-0.4, -0.2) is 29.8 Å². The lowest BCUT2D eigenvalue weighted by molar-refractivity contribution is -0.156. The standard InChI is InChI=1S/C12H14FNO3/c13-9-2-4-10(5-3-9)17-12(11(15)16)6-1-7-14-8-12/h2-5,14H,1,6-8H2,(H,15,16). The van der Waals surface area contributed by atoms with Gasteiger partial charge in [-0.25, -0.2) is 9.18 Å². The second-order valence-corrected chi connectivity index (χ2v) is 4.14. The van der Waals surface area contributed by atoms with Crippen LogP contribution in [0.3, 0.4) is 0 Å².